The van der Waals surface area contributed by atoms with Crippen molar-refractivity contribution >= 4 is 28.7 Å². The molecule has 0 spiro atoms. The van der Waals surface area contributed by atoms with Crippen LogP contribution in [0.3, 0.4) is 0 Å². The van der Waals surface area contributed by atoms with Crippen LogP contribution in [0, 0.1) is 5.41 Å². The first kappa shape index (κ1) is 22.6. The van der Waals surface area contributed by atoms with Crippen LogP contribution in [0.2, 0.25) is 0 Å². The maximum absolute atomic E-state index is 12.4. The average Bonchev–Trinajstić information content (AvgIpc) is 2.68. The van der Waals surface area contributed by atoms with Crippen LogP contribution < -0.4 is 0 Å². The molecule has 1 aromatic heterocycles. The van der Waals surface area contributed by atoms with E-state index in [1.165, 1.54) is 11.8 Å². The van der Waals surface area contributed by atoms with Crippen LogP contribution >= 0.6 is 11.8 Å². The Labute approximate surface area is 176 Å². The molecule has 154 valence electrons. The highest BCUT2D eigenvalue weighted by atomic mass is 32.2. The SMILES string of the molecule is CC(C)(C)C(=O)CS/C(=N\CC(=O)O)N(Cc1ccccc1)Cc1cccnc1. The van der Waals surface area contributed by atoms with Gasteiger partial charge in [-0.05, 0) is 17.2 Å². The van der Waals surface area contributed by atoms with Crippen molar-refractivity contribution in [2.75, 3.05) is 12.3 Å². The first-order valence-electron chi connectivity index (χ1n) is 9.36. The summed E-state index contributed by atoms with van der Waals surface area (Å²) in [5.41, 5.74) is 1.59. The fraction of sp³-hybridized carbons (Fsp3) is 0.364. The largest absolute Gasteiger partial charge is 0.480 e. The second-order valence-corrected chi connectivity index (χ2v) is 8.60. The molecular weight excluding hydrogens is 386 g/mol. The van der Waals surface area contributed by atoms with Gasteiger partial charge in [0.25, 0.3) is 0 Å². The van der Waals surface area contributed by atoms with Gasteiger partial charge in [0.2, 0.25) is 0 Å². The molecular formula is C22H27N3O3S. The summed E-state index contributed by atoms with van der Waals surface area (Å²) in [5.74, 6) is -0.682. The van der Waals surface area contributed by atoms with Gasteiger partial charge >= 0.3 is 5.97 Å². The Bertz CT molecular complexity index is 792. The number of amidine groups is 1. The number of aliphatic imine (C=N–C) groups is 1. The van der Waals surface area contributed by atoms with E-state index < -0.39 is 11.4 Å². The van der Waals surface area contributed by atoms with E-state index in [9.17, 15) is 9.59 Å². The topological polar surface area (TPSA) is 82.9 Å². The van der Waals surface area contributed by atoms with Gasteiger partial charge < -0.3 is 10.0 Å². The molecule has 0 saturated heterocycles. The fourth-order valence-corrected chi connectivity index (χ4v) is 3.59. The number of aromatic nitrogens is 1. The number of hydrogen-bond acceptors (Lipinski definition) is 5. The predicted octanol–water partition coefficient (Wildman–Crippen LogP) is 3.87. The highest BCUT2D eigenvalue weighted by Gasteiger charge is 2.23. The van der Waals surface area contributed by atoms with E-state index in [0.29, 0.717) is 18.3 Å². The van der Waals surface area contributed by atoms with Gasteiger partial charge in [0, 0.05) is 30.9 Å². The van der Waals surface area contributed by atoms with Crippen LogP contribution in [0.5, 0.6) is 0 Å². The highest BCUT2D eigenvalue weighted by Crippen LogP contribution is 2.22. The molecule has 0 fully saturated rings. The maximum Gasteiger partial charge on any atom is 0.325 e. The van der Waals surface area contributed by atoms with Crippen molar-refractivity contribution in [3.63, 3.8) is 0 Å². The van der Waals surface area contributed by atoms with Gasteiger partial charge in [-0.3, -0.25) is 19.6 Å². The number of carboxylic acids is 1. The average molecular weight is 414 g/mol. The lowest BCUT2D eigenvalue weighted by atomic mass is 9.92. The summed E-state index contributed by atoms with van der Waals surface area (Å²) in [6.45, 7) is 6.34. The number of benzene rings is 1. The van der Waals surface area contributed by atoms with Crippen molar-refractivity contribution in [1.29, 1.82) is 0 Å². The number of thioether (sulfide) groups is 1. The molecule has 6 nitrogen and oxygen atoms in total. The van der Waals surface area contributed by atoms with Gasteiger partial charge in [0.1, 0.15) is 12.3 Å². The summed E-state index contributed by atoms with van der Waals surface area (Å²) in [6, 6.07) is 13.7. The highest BCUT2D eigenvalue weighted by molar-refractivity contribution is 8.14. The molecule has 1 aromatic carbocycles. The Morgan fingerprint density at radius 2 is 1.72 bits per heavy atom. The van der Waals surface area contributed by atoms with Crippen molar-refractivity contribution in [3.8, 4) is 0 Å². The zero-order valence-electron chi connectivity index (χ0n) is 17.0. The molecule has 0 atom stereocenters. The van der Waals surface area contributed by atoms with E-state index in [1.807, 2.05) is 68.1 Å². The fourth-order valence-electron chi connectivity index (χ4n) is 2.43. The van der Waals surface area contributed by atoms with Crippen molar-refractivity contribution in [3.05, 3.63) is 66.0 Å². The minimum absolute atomic E-state index is 0.0894. The number of aliphatic carboxylic acids is 1. The molecule has 0 amide bonds. The Morgan fingerprint density at radius 3 is 2.31 bits per heavy atom. The molecule has 0 aliphatic rings. The Hall–Kier alpha value is -2.67. The Morgan fingerprint density at radius 1 is 1.07 bits per heavy atom. The normalized spacial score (nSPS) is 11.9. The molecule has 0 bridgehead atoms. The zero-order chi connectivity index (χ0) is 21.3. The van der Waals surface area contributed by atoms with Crippen LogP contribution in [-0.4, -0.2) is 44.2 Å². The predicted molar refractivity (Wildman–Crippen MR) is 117 cm³/mol. The Kier molecular flexibility index (Phi) is 8.39. The van der Waals surface area contributed by atoms with Gasteiger partial charge in [0.15, 0.2) is 5.17 Å². The quantitative estimate of drug-likeness (QED) is 0.522. The molecule has 0 saturated carbocycles. The summed E-state index contributed by atoms with van der Waals surface area (Å²) in [7, 11) is 0. The van der Waals surface area contributed by atoms with E-state index in [4.69, 9.17) is 5.11 Å². The van der Waals surface area contributed by atoms with Crippen LogP contribution in [0.25, 0.3) is 0 Å². The standard InChI is InChI=1S/C22H27N3O3S/c1-22(2,3)19(26)16-29-21(24-13-20(27)28)25(14-17-8-5-4-6-9-17)15-18-10-7-11-23-12-18/h4-12H,13-16H2,1-3H3,(H,27,28)/b24-21-. The first-order valence-corrected chi connectivity index (χ1v) is 10.3. The minimum Gasteiger partial charge on any atom is -0.480 e. The molecule has 2 aromatic rings. The summed E-state index contributed by atoms with van der Waals surface area (Å²) in [4.78, 5) is 34.0. The number of ketones is 1. The van der Waals surface area contributed by atoms with E-state index >= 15 is 0 Å². The van der Waals surface area contributed by atoms with Gasteiger partial charge in [-0.25, -0.2) is 0 Å². The number of pyridine rings is 1. The summed E-state index contributed by atoms with van der Waals surface area (Å²) >= 11 is 1.29. The Balaban J connectivity index is 2.29. The van der Waals surface area contributed by atoms with E-state index in [2.05, 4.69) is 9.98 Å². The van der Waals surface area contributed by atoms with Crippen molar-refractivity contribution in [2.24, 2.45) is 10.4 Å². The molecule has 0 aliphatic heterocycles. The van der Waals surface area contributed by atoms with Crippen LogP contribution in [0.15, 0.2) is 59.9 Å². The number of carbonyl (C=O) groups excluding carboxylic acids is 1. The molecule has 7 heteroatoms. The van der Waals surface area contributed by atoms with Crippen LogP contribution in [-0.2, 0) is 22.7 Å². The molecule has 2 rings (SSSR count). The second-order valence-electron chi connectivity index (χ2n) is 7.66. The smallest absolute Gasteiger partial charge is 0.325 e. The lowest BCUT2D eigenvalue weighted by Crippen LogP contribution is -2.31. The molecule has 1 N–H and O–H groups in total. The molecule has 0 radical (unpaired) electrons. The lowest BCUT2D eigenvalue weighted by Gasteiger charge is -2.26. The zero-order valence-corrected chi connectivity index (χ0v) is 17.9. The number of Topliss-reactive ketones (excluding diaryl/α,β-unsaturated/α-hetero) is 1. The third-order valence-corrected chi connectivity index (χ3v) is 5.15. The van der Waals surface area contributed by atoms with E-state index in [-0.39, 0.29) is 18.1 Å². The molecule has 0 unspecified atom stereocenters. The number of nitrogens with zero attached hydrogens (tertiary/aromatic N) is 3. The number of carboxylic acid groups (broad SMARTS) is 1. The summed E-state index contributed by atoms with van der Waals surface area (Å²) in [6.07, 6.45) is 3.49. The van der Waals surface area contributed by atoms with Gasteiger partial charge in [-0.2, -0.15) is 0 Å². The monoisotopic (exact) mass is 413 g/mol. The number of hydrogen-bond donors (Lipinski definition) is 1. The number of carbonyl (C=O) groups is 2. The summed E-state index contributed by atoms with van der Waals surface area (Å²) < 4.78 is 0. The van der Waals surface area contributed by atoms with Crippen molar-refractivity contribution < 1.29 is 14.7 Å². The first-order chi connectivity index (χ1) is 13.8. The van der Waals surface area contributed by atoms with Crippen LogP contribution in [0.4, 0.5) is 0 Å². The van der Waals surface area contributed by atoms with Gasteiger partial charge in [-0.1, -0.05) is 68.9 Å². The van der Waals surface area contributed by atoms with E-state index in [1.54, 1.807) is 12.4 Å². The number of rotatable bonds is 8. The summed E-state index contributed by atoms with van der Waals surface area (Å²) in [5, 5.41) is 9.66. The maximum atomic E-state index is 12.4. The second kappa shape index (κ2) is 10.8. The minimum atomic E-state index is -1.01. The molecule has 0 aliphatic carbocycles. The lowest BCUT2D eigenvalue weighted by molar-refractivity contribution is -0.135. The third-order valence-electron chi connectivity index (χ3n) is 4.10. The van der Waals surface area contributed by atoms with Crippen LogP contribution in [0.1, 0.15) is 31.9 Å². The van der Waals surface area contributed by atoms with Gasteiger partial charge in [0.05, 0.1) is 5.75 Å². The van der Waals surface area contributed by atoms with Crippen molar-refractivity contribution in [2.45, 2.75) is 33.9 Å². The third kappa shape index (κ3) is 8.07. The molecule has 1 heterocycles. The van der Waals surface area contributed by atoms with Gasteiger partial charge in [-0.15, -0.1) is 0 Å². The van der Waals surface area contributed by atoms with Crippen molar-refractivity contribution in [1.82, 2.24) is 9.88 Å². The van der Waals surface area contributed by atoms with E-state index in [0.717, 1.165) is 11.1 Å². The molecule has 29 heavy (non-hydrogen) atoms.